The van der Waals surface area contributed by atoms with Gasteiger partial charge in [0.1, 0.15) is 5.82 Å². The third kappa shape index (κ3) is 6.44. The van der Waals surface area contributed by atoms with Crippen molar-refractivity contribution in [2.24, 2.45) is 4.99 Å². The van der Waals surface area contributed by atoms with E-state index in [0.717, 1.165) is 31.6 Å². The lowest BCUT2D eigenvalue weighted by molar-refractivity contribution is 0.195. The normalized spacial score (nSPS) is 11.4. The van der Waals surface area contributed by atoms with E-state index in [1.54, 1.807) is 20.2 Å². The number of halogens is 1. The lowest BCUT2D eigenvalue weighted by Gasteiger charge is -2.22. The highest BCUT2D eigenvalue weighted by Crippen LogP contribution is 2.20. The average Bonchev–Trinajstić information content (AvgIpc) is 2.57. The van der Waals surface area contributed by atoms with Crippen LogP contribution in [0, 0.1) is 5.82 Å². The van der Waals surface area contributed by atoms with Gasteiger partial charge in [0.05, 0.1) is 5.69 Å². The summed E-state index contributed by atoms with van der Waals surface area (Å²) in [5.41, 5.74) is 1.54. The van der Waals surface area contributed by atoms with Gasteiger partial charge in [-0.05, 0) is 38.0 Å². The van der Waals surface area contributed by atoms with E-state index >= 15 is 0 Å². The first-order chi connectivity index (χ1) is 11.2. The monoisotopic (exact) mass is 324 g/mol. The largest absolute Gasteiger partial charge is 0.385 e. The summed E-state index contributed by atoms with van der Waals surface area (Å²) >= 11 is 0. The van der Waals surface area contributed by atoms with Crippen LogP contribution in [0.25, 0.3) is 0 Å². The second-order valence-electron chi connectivity index (χ2n) is 5.16. The zero-order valence-corrected chi connectivity index (χ0v) is 14.7. The Morgan fingerprint density at radius 1 is 1.26 bits per heavy atom. The Balaban J connectivity index is 2.55. The Hall–Kier alpha value is -1.82. The highest BCUT2D eigenvalue weighted by Gasteiger charge is 2.09. The summed E-state index contributed by atoms with van der Waals surface area (Å²) in [5.74, 6) is 0.519. The van der Waals surface area contributed by atoms with Gasteiger partial charge in [-0.2, -0.15) is 0 Å². The highest BCUT2D eigenvalue weighted by molar-refractivity contribution is 5.79. The van der Waals surface area contributed by atoms with Crippen LogP contribution in [0.5, 0.6) is 0 Å². The van der Waals surface area contributed by atoms with Crippen molar-refractivity contribution in [3.05, 3.63) is 29.6 Å². The molecule has 0 aliphatic rings. The summed E-state index contributed by atoms with van der Waals surface area (Å²) in [6.45, 7) is 7.66. The minimum absolute atomic E-state index is 0.184. The molecule has 5 nitrogen and oxygen atoms in total. The minimum Gasteiger partial charge on any atom is -0.385 e. The molecular weight excluding hydrogens is 295 g/mol. The van der Waals surface area contributed by atoms with E-state index in [2.05, 4.69) is 15.6 Å². The van der Waals surface area contributed by atoms with E-state index in [9.17, 15) is 4.39 Å². The first-order valence-electron chi connectivity index (χ1n) is 8.13. The van der Waals surface area contributed by atoms with E-state index in [0.29, 0.717) is 24.8 Å². The van der Waals surface area contributed by atoms with Crippen LogP contribution in [0.2, 0.25) is 0 Å². The zero-order chi connectivity index (χ0) is 17.1. The Morgan fingerprint density at radius 3 is 2.57 bits per heavy atom. The van der Waals surface area contributed by atoms with Crippen molar-refractivity contribution < 1.29 is 9.13 Å². The number of methoxy groups -OCH3 is 1. The van der Waals surface area contributed by atoms with Gasteiger partial charge in [0.15, 0.2) is 5.96 Å². The van der Waals surface area contributed by atoms with Crippen LogP contribution in [0.1, 0.15) is 25.8 Å². The molecule has 0 fully saturated rings. The molecule has 0 heterocycles. The Bertz CT molecular complexity index is 489. The molecule has 2 N–H and O–H groups in total. The van der Waals surface area contributed by atoms with Crippen molar-refractivity contribution in [1.29, 1.82) is 0 Å². The summed E-state index contributed by atoms with van der Waals surface area (Å²) in [4.78, 5) is 6.15. The van der Waals surface area contributed by atoms with Crippen molar-refractivity contribution in [3.8, 4) is 0 Å². The molecule has 130 valence electrons. The van der Waals surface area contributed by atoms with Crippen LogP contribution in [0.3, 0.4) is 0 Å². The first kappa shape index (κ1) is 19.2. The van der Waals surface area contributed by atoms with E-state index in [-0.39, 0.29) is 5.82 Å². The summed E-state index contributed by atoms with van der Waals surface area (Å²) in [6, 6.07) is 5.37. The van der Waals surface area contributed by atoms with E-state index in [1.807, 2.05) is 30.9 Å². The number of nitrogens with one attached hydrogen (secondary N) is 2. The van der Waals surface area contributed by atoms with E-state index < -0.39 is 0 Å². The van der Waals surface area contributed by atoms with Crippen LogP contribution < -0.4 is 15.5 Å². The molecule has 0 radical (unpaired) electrons. The second-order valence-corrected chi connectivity index (χ2v) is 5.16. The molecule has 0 unspecified atom stereocenters. The fourth-order valence-corrected chi connectivity index (χ4v) is 2.31. The van der Waals surface area contributed by atoms with Gasteiger partial charge in [-0.1, -0.05) is 6.07 Å². The molecule has 0 aliphatic carbocycles. The van der Waals surface area contributed by atoms with Crippen molar-refractivity contribution in [2.75, 3.05) is 45.3 Å². The predicted molar refractivity (Wildman–Crippen MR) is 94.7 cm³/mol. The molecule has 0 amide bonds. The average molecular weight is 324 g/mol. The number of guanidine groups is 1. The number of hydrogen-bond donors (Lipinski definition) is 2. The van der Waals surface area contributed by atoms with Gasteiger partial charge in [0, 0.05) is 46.9 Å². The molecule has 0 spiro atoms. The van der Waals surface area contributed by atoms with Gasteiger partial charge in [0.2, 0.25) is 0 Å². The minimum atomic E-state index is -0.184. The van der Waals surface area contributed by atoms with Crippen molar-refractivity contribution in [3.63, 3.8) is 0 Å². The lowest BCUT2D eigenvalue weighted by atomic mass is 10.2. The standard InChI is InChI=1S/C17H29FN4O/c1-5-22(6-2)16-9-8-14(12-15(16)18)13-21-17(19-3)20-10-7-11-23-4/h8-9,12H,5-7,10-11,13H2,1-4H3,(H2,19,20,21). The van der Waals surface area contributed by atoms with Crippen LogP contribution in [-0.4, -0.2) is 46.4 Å². The van der Waals surface area contributed by atoms with Crippen molar-refractivity contribution in [1.82, 2.24) is 10.6 Å². The zero-order valence-electron chi connectivity index (χ0n) is 14.7. The molecule has 0 aromatic heterocycles. The molecule has 0 aliphatic heterocycles. The first-order valence-corrected chi connectivity index (χ1v) is 8.13. The van der Waals surface area contributed by atoms with Gasteiger partial charge in [0.25, 0.3) is 0 Å². The maximum Gasteiger partial charge on any atom is 0.191 e. The maximum absolute atomic E-state index is 14.2. The lowest BCUT2D eigenvalue weighted by Crippen LogP contribution is -2.37. The molecule has 23 heavy (non-hydrogen) atoms. The molecule has 0 atom stereocenters. The number of hydrogen-bond acceptors (Lipinski definition) is 3. The fraction of sp³-hybridized carbons (Fsp3) is 0.588. The van der Waals surface area contributed by atoms with Crippen molar-refractivity contribution >= 4 is 11.6 Å². The number of benzene rings is 1. The smallest absolute Gasteiger partial charge is 0.191 e. The number of rotatable bonds is 9. The van der Waals surface area contributed by atoms with Crippen molar-refractivity contribution in [2.45, 2.75) is 26.8 Å². The van der Waals surface area contributed by atoms with E-state index in [4.69, 9.17) is 4.74 Å². The summed E-state index contributed by atoms with van der Waals surface area (Å²) in [7, 11) is 3.40. The third-order valence-corrected chi connectivity index (χ3v) is 3.62. The molecule has 6 heteroatoms. The molecule has 0 bridgehead atoms. The third-order valence-electron chi connectivity index (χ3n) is 3.62. The number of ether oxygens (including phenoxy) is 1. The topological polar surface area (TPSA) is 48.9 Å². The molecule has 0 saturated carbocycles. The molecule has 1 rings (SSSR count). The van der Waals surface area contributed by atoms with Crippen LogP contribution >= 0.6 is 0 Å². The Morgan fingerprint density at radius 2 is 2.00 bits per heavy atom. The van der Waals surface area contributed by atoms with Gasteiger partial charge in [-0.15, -0.1) is 0 Å². The number of anilines is 1. The fourth-order valence-electron chi connectivity index (χ4n) is 2.31. The predicted octanol–water partition coefficient (Wildman–Crippen LogP) is 2.37. The van der Waals surface area contributed by atoms with Crippen LogP contribution in [0.15, 0.2) is 23.2 Å². The Labute approximate surface area is 138 Å². The van der Waals surface area contributed by atoms with E-state index in [1.165, 1.54) is 0 Å². The number of nitrogens with zero attached hydrogens (tertiary/aromatic N) is 2. The molecule has 0 saturated heterocycles. The highest BCUT2D eigenvalue weighted by atomic mass is 19.1. The maximum atomic E-state index is 14.2. The van der Waals surface area contributed by atoms with Gasteiger partial charge < -0.3 is 20.3 Å². The Kier molecular flexibility index (Phi) is 9.05. The van der Waals surface area contributed by atoms with Gasteiger partial charge >= 0.3 is 0 Å². The molecule has 1 aromatic carbocycles. The molecular formula is C17H29FN4O. The van der Waals surface area contributed by atoms with Crippen LogP contribution in [-0.2, 0) is 11.3 Å². The second kappa shape index (κ2) is 10.8. The van der Waals surface area contributed by atoms with Crippen LogP contribution in [0.4, 0.5) is 10.1 Å². The summed E-state index contributed by atoms with van der Waals surface area (Å²) in [6.07, 6.45) is 0.907. The van der Waals surface area contributed by atoms with Gasteiger partial charge in [-0.3, -0.25) is 4.99 Å². The SMILES string of the molecule is CCN(CC)c1ccc(CNC(=NC)NCCCOC)cc1F. The van der Waals surface area contributed by atoms with Gasteiger partial charge in [-0.25, -0.2) is 4.39 Å². The summed E-state index contributed by atoms with van der Waals surface area (Å²) in [5, 5.41) is 6.38. The summed E-state index contributed by atoms with van der Waals surface area (Å²) < 4.78 is 19.2. The quantitative estimate of drug-likeness (QED) is 0.416. The number of aliphatic imine (C=N–C) groups is 1. The molecule has 1 aromatic rings.